The van der Waals surface area contributed by atoms with E-state index in [0.717, 1.165) is 22.7 Å². The number of hydrogen-bond acceptors (Lipinski definition) is 3. The number of thiazole rings is 1. The van der Waals surface area contributed by atoms with Crippen LogP contribution in [0.5, 0.6) is 0 Å². The number of amides is 1. The van der Waals surface area contributed by atoms with E-state index in [4.69, 9.17) is 0 Å². The van der Waals surface area contributed by atoms with Gasteiger partial charge >= 0.3 is 0 Å². The van der Waals surface area contributed by atoms with Crippen molar-refractivity contribution in [3.05, 3.63) is 87.6 Å². The van der Waals surface area contributed by atoms with E-state index in [9.17, 15) is 9.18 Å². The summed E-state index contributed by atoms with van der Waals surface area (Å²) in [5.41, 5.74) is 2.91. The van der Waals surface area contributed by atoms with Gasteiger partial charge in [-0.2, -0.15) is 0 Å². The zero-order valence-corrected chi connectivity index (χ0v) is 15.7. The Labute approximate surface area is 157 Å². The van der Waals surface area contributed by atoms with Crippen LogP contribution >= 0.6 is 11.3 Å². The molecule has 1 amide bonds. The number of carbonyl (C=O) groups is 1. The lowest BCUT2D eigenvalue weighted by molar-refractivity contribution is -0.131. The highest BCUT2D eigenvalue weighted by Crippen LogP contribution is 2.21. The van der Waals surface area contributed by atoms with Crippen molar-refractivity contribution in [3.63, 3.8) is 0 Å². The van der Waals surface area contributed by atoms with Gasteiger partial charge in [-0.05, 0) is 30.2 Å². The Kier molecular flexibility index (Phi) is 5.78. The fourth-order valence-corrected chi connectivity index (χ4v) is 3.57. The quantitative estimate of drug-likeness (QED) is 0.635. The average Bonchev–Trinajstić information content (AvgIpc) is 3.08. The molecule has 0 spiro atoms. The molecule has 0 N–H and O–H groups in total. The molecule has 0 bridgehead atoms. The molecular formula is C21H21FN2OS. The number of nitrogens with zero attached hydrogens (tertiary/aromatic N) is 2. The molecule has 1 atom stereocenters. The van der Waals surface area contributed by atoms with E-state index in [2.05, 4.69) is 17.1 Å². The number of carbonyl (C=O) groups excluding carboxylic acids is 1. The van der Waals surface area contributed by atoms with Gasteiger partial charge in [0.2, 0.25) is 5.91 Å². The molecule has 3 aromatic rings. The first-order valence-electron chi connectivity index (χ1n) is 8.51. The fraction of sp³-hybridized carbons (Fsp3) is 0.238. The van der Waals surface area contributed by atoms with Crippen LogP contribution in [0.4, 0.5) is 4.39 Å². The lowest BCUT2D eigenvalue weighted by Crippen LogP contribution is -2.31. The summed E-state index contributed by atoms with van der Waals surface area (Å²) in [7, 11) is 1.77. The lowest BCUT2D eigenvalue weighted by Gasteiger charge is -2.25. The van der Waals surface area contributed by atoms with E-state index in [1.54, 1.807) is 35.4 Å². The van der Waals surface area contributed by atoms with Gasteiger partial charge in [0.15, 0.2) is 0 Å². The third-order valence-electron chi connectivity index (χ3n) is 4.46. The molecule has 1 aromatic heterocycles. The summed E-state index contributed by atoms with van der Waals surface area (Å²) in [6, 6.07) is 16.3. The second kappa shape index (κ2) is 8.23. The molecule has 2 aromatic carbocycles. The molecule has 0 unspecified atom stereocenters. The monoisotopic (exact) mass is 368 g/mol. The Balaban J connectivity index is 1.61. The molecule has 0 aliphatic heterocycles. The van der Waals surface area contributed by atoms with Crippen LogP contribution in [0.1, 0.15) is 34.8 Å². The summed E-state index contributed by atoms with van der Waals surface area (Å²) < 4.78 is 13.1. The molecule has 0 radical (unpaired) electrons. The maximum atomic E-state index is 13.1. The van der Waals surface area contributed by atoms with E-state index < -0.39 is 0 Å². The van der Waals surface area contributed by atoms with Crippen LogP contribution < -0.4 is 0 Å². The predicted molar refractivity (Wildman–Crippen MR) is 103 cm³/mol. The maximum absolute atomic E-state index is 13.1. The van der Waals surface area contributed by atoms with Gasteiger partial charge in [0.25, 0.3) is 0 Å². The van der Waals surface area contributed by atoms with Crippen LogP contribution in [0.2, 0.25) is 0 Å². The van der Waals surface area contributed by atoms with Crippen LogP contribution in [-0.2, 0) is 17.6 Å². The molecule has 134 valence electrons. The molecule has 0 saturated carbocycles. The van der Waals surface area contributed by atoms with Gasteiger partial charge in [-0.15, -0.1) is 11.3 Å². The second-order valence-corrected chi connectivity index (χ2v) is 7.25. The van der Waals surface area contributed by atoms with Crippen LogP contribution in [-0.4, -0.2) is 22.8 Å². The number of aromatic nitrogens is 1. The molecular weight excluding hydrogens is 347 g/mol. The number of halogens is 1. The first-order valence-corrected chi connectivity index (χ1v) is 9.39. The van der Waals surface area contributed by atoms with Crippen molar-refractivity contribution in [1.29, 1.82) is 0 Å². The number of rotatable bonds is 6. The average molecular weight is 368 g/mol. The molecule has 26 heavy (non-hydrogen) atoms. The smallest absolute Gasteiger partial charge is 0.228 e. The van der Waals surface area contributed by atoms with Crippen molar-refractivity contribution in [2.45, 2.75) is 25.8 Å². The molecule has 0 saturated heterocycles. The van der Waals surface area contributed by atoms with Gasteiger partial charge in [-0.3, -0.25) is 4.79 Å². The minimum Gasteiger partial charge on any atom is -0.339 e. The Morgan fingerprint density at radius 1 is 1.15 bits per heavy atom. The third-order valence-corrected chi connectivity index (χ3v) is 5.35. The summed E-state index contributed by atoms with van der Waals surface area (Å²) in [6.07, 6.45) is 1.05. The zero-order chi connectivity index (χ0) is 18.5. The van der Waals surface area contributed by atoms with Crippen molar-refractivity contribution in [2.75, 3.05) is 7.05 Å². The van der Waals surface area contributed by atoms with Gasteiger partial charge in [-0.1, -0.05) is 42.5 Å². The number of likely N-dealkylation sites (N-methyl/N-ethyl adjacent to an activating group) is 1. The van der Waals surface area contributed by atoms with Gasteiger partial charge in [0, 0.05) is 18.8 Å². The molecule has 3 rings (SSSR count). The highest BCUT2D eigenvalue weighted by Gasteiger charge is 2.19. The largest absolute Gasteiger partial charge is 0.339 e. The minimum atomic E-state index is -0.275. The van der Waals surface area contributed by atoms with E-state index >= 15 is 0 Å². The van der Waals surface area contributed by atoms with Crippen molar-refractivity contribution < 1.29 is 9.18 Å². The standard InChI is InChI=1S/C21H21FN2OS/c1-15(17-8-10-18(22)11-9-17)24(2)21(25)13-19-14-26-20(23-19)12-16-6-4-3-5-7-16/h3-11,14-15H,12-13H2,1-2H3/t15-/m1/s1. The highest BCUT2D eigenvalue weighted by atomic mass is 32.1. The Hall–Kier alpha value is -2.53. The molecule has 1 heterocycles. The normalized spacial score (nSPS) is 12.0. The van der Waals surface area contributed by atoms with Crippen LogP contribution in [0, 0.1) is 5.82 Å². The van der Waals surface area contributed by atoms with E-state index in [-0.39, 0.29) is 24.2 Å². The Morgan fingerprint density at radius 2 is 1.85 bits per heavy atom. The highest BCUT2D eigenvalue weighted by molar-refractivity contribution is 7.09. The van der Waals surface area contributed by atoms with Crippen molar-refractivity contribution in [2.24, 2.45) is 0 Å². The lowest BCUT2D eigenvalue weighted by atomic mass is 10.1. The topological polar surface area (TPSA) is 33.2 Å². The maximum Gasteiger partial charge on any atom is 0.228 e. The third kappa shape index (κ3) is 4.55. The fourth-order valence-electron chi connectivity index (χ4n) is 2.74. The summed E-state index contributed by atoms with van der Waals surface area (Å²) in [6.45, 7) is 1.94. The van der Waals surface area contributed by atoms with E-state index in [1.807, 2.05) is 30.5 Å². The summed E-state index contributed by atoms with van der Waals surface area (Å²) in [5, 5.41) is 2.96. The Bertz CT molecular complexity index is 861. The zero-order valence-electron chi connectivity index (χ0n) is 14.9. The molecule has 3 nitrogen and oxygen atoms in total. The van der Waals surface area contributed by atoms with Crippen molar-refractivity contribution in [3.8, 4) is 0 Å². The van der Waals surface area contributed by atoms with Crippen molar-refractivity contribution in [1.82, 2.24) is 9.88 Å². The SMILES string of the molecule is C[C@H](c1ccc(F)cc1)N(C)C(=O)Cc1csc(Cc2ccccc2)n1. The molecule has 0 fully saturated rings. The molecule has 5 heteroatoms. The van der Waals surface area contributed by atoms with Crippen LogP contribution in [0.25, 0.3) is 0 Å². The predicted octanol–water partition coefficient (Wildman–Crippen LogP) is 4.64. The first kappa shape index (κ1) is 18.3. The molecule has 0 aliphatic carbocycles. The number of benzene rings is 2. The minimum absolute atomic E-state index is 0.00149. The Morgan fingerprint density at radius 3 is 2.54 bits per heavy atom. The summed E-state index contributed by atoms with van der Waals surface area (Å²) in [4.78, 5) is 18.9. The second-order valence-electron chi connectivity index (χ2n) is 6.30. The summed E-state index contributed by atoms with van der Waals surface area (Å²) in [5.74, 6) is -0.276. The van der Waals surface area contributed by atoms with Crippen molar-refractivity contribution >= 4 is 17.2 Å². The van der Waals surface area contributed by atoms with Gasteiger partial charge in [-0.25, -0.2) is 9.37 Å². The van der Waals surface area contributed by atoms with E-state index in [0.29, 0.717) is 0 Å². The first-order chi connectivity index (χ1) is 12.5. The van der Waals surface area contributed by atoms with Gasteiger partial charge in [0.05, 0.1) is 23.2 Å². The summed E-state index contributed by atoms with van der Waals surface area (Å²) >= 11 is 1.58. The van der Waals surface area contributed by atoms with Gasteiger partial charge < -0.3 is 4.90 Å². The van der Waals surface area contributed by atoms with Crippen LogP contribution in [0.3, 0.4) is 0 Å². The van der Waals surface area contributed by atoms with E-state index in [1.165, 1.54) is 17.7 Å². The number of hydrogen-bond donors (Lipinski definition) is 0. The van der Waals surface area contributed by atoms with Crippen LogP contribution in [0.15, 0.2) is 60.0 Å². The van der Waals surface area contributed by atoms with Gasteiger partial charge in [0.1, 0.15) is 5.82 Å². The molecule has 0 aliphatic rings.